The molecule has 7 heteroatoms. The van der Waals surface area contributed by atoms with Crippen LogP contribution in [0.5, 0.6) is 5.75 Å². The Kier molecular flexibility index (Phi) is 5.51. The van der Waals surface area contributed by atoms with Crippen LogP contribution in [0, 0.1) is 0 Å². The predicted molar refractivity (Wildman–Crippen MR) is 104 cm³/mol. The molecule has 138 valence electrons. The zero-order valence-electron chi connectivity index (χ0n) is 15.1. The van der Waals surface area contributed by atoms with E-state index >= 15 is 0 Å². The van der Waals surface area contributed by atoms with Gasteiger partial charge in [-0.2, -0.15) is 0 Å². The summed E-state index contributed by atoms with van der Waals surface area (Å²) >= 11 is 0. The Bertz CT molecular complexity index is 997. The number of nitrogens with one attached hydrogen (secondary N) is 3. The molecule has 0 saturated heterocycles. The number of aromatic amines is 1. The molecule has 3 N–H and O–H groups in total. The predicted octanol–water partition coefficient (Wildman–Crippen LogP) is 2.42. The van der Waals surface area contributed by atoms with Gasteiger partial charge in [-0.3, -0.25) is 9.59 Å². The van der Waals surface area contributed by atoms with Gasteiger partial charge >= 0.3 is 0 Å². The van der Waals surface area contributed by atoms with Gasteiger partial charge in [-0.15, -0.1) is 0 Å². The van der Waals surface area contributed by atoms with Gasteiger partial charge in [0.1, 0.15) is 5.75 Å². The van der Waals surface area contributed by atoms with Crippen molar-refractivity contribution in [2.24, 2.45) is 0 Å². The second-order valence-electron chi connectivity index (χ2n) is 5.83. The molecule has 0 saturated carbocycles. The third kappa shape index (κ3) is 4.33. The van der Waals surface area contributed by atoms with Gasteiger partial charge in [-0.1, -0.05) is 24.3 Å². The molecule has 2 aromatic carbocycles. The fourth-order valence-electron chi connectivity index (χ4n) is 2.58. The molecular weight excluding hydrogens is 344 g/mol. The lowest BCUT2D eigenvalue weighted by Gasteiger charge is -2.08. The summed E-state index contributed by atoms with van der Waals surface area (Å²) in [6, 6.07) is 14.6. The van der Waals surface area contributed by atoms with Crippen molar-refractivity contribution in [1.82, 2.24) is 15.3 Å². The zero-order valence-corrected chi connectivity index (χ0v) is 15.1. The number of anilines is 1. The van der Waals surface area contributed by atoms with E-state index in [1.165, 1.54) is 0 Å². The van der Waals surface area contributed by atoms with Crippen molar-refractivity contribution in [2.45, 2.75) is 6.54 Å². The molecule has 3 aromatic rings. The van der Waals surface area contributed by atoms with Gasteiger partial charge in [0.2, 0.25) is 0 Å². The van der Waals surface area contributed by atoms with E-state index in [1.54, 1.807) is 44.6 Å². The highest BCUT2D eigenvalue weighted by molar-refractivity contribution is 5.94. The van der Waals surface area contributed by atoms with Crippen molar-refractivity contribution in [1.29, 1.82) is 0 Å². The van der Waals surface area contributed by atoms with E-state index in [-0.39, 0.29) is 17.3 Å². The van der Waals surface area contributed by atoms with Crippen LogP contribution in [-0.4, -0.2) is 30.0 Å². The summed E-state index contributed by atoms with van der Waals surface area (Å²) in [7, 11) is 3.19. The standard InChI is InChI=1S/C20H20N4O3/c1-21-19(25)15-8-6-14(7-9-15)17-12-23-20(26)18(24-17)22-11-13-4-3-5-16(10-13)27-2/h3-10,12H,11H2,1-2H3,(H,21,25)(H,22,24)(H,23,26). The largest absolute Gasteiger partial charge is 0.497 e. The van der Waals surface area contributed by atoms with E-state index in [0.29, 0.717) is 17.8 Å². The van der Waals surface area contributed by atoms with Crippen molar-refractivity contribution < 1.29 is 9.53 Å². The Labute approximate surface area is 156 Å². The highest BCUT2D eigenvalue weighted by Crippen LogP contribution is 2.18. The minimum atomic E-state index is -0.302. The first-order chi connectivity index (χ1) is 13.1. The van der Waals surface area contributed by atoms with Crippen LogP contribution >= 0.6 is 0 Å². The second-order valence-corrected chi connectivity index (χ2v) is 5.83. The van der Waals surface area contributed by atoms with Gasteiger partial charge in [-0.25, -0.2) is 4.98 Å². The summed E-state index contributed by atoms with van der Waals surface area (Å²) < 4.78 is 5.20. The smallest absolute Gasteiger partial charge is 0.290 e. The molecule has 3 rings (SSSR count). The van der Waals surface area contributed by atoms with Crippen LogP contribution in [0.25, 0.3) is 11.3 Å². The van der Waals surface area contributed by atoms with E-state index in [1.807, 2.05) is 24.3 Å². The summed E-state index contributed by atoms with van der Waals surface area (Å²) in [4.78, 5) is 30.8. The van der Waals surface area contributed by atoms with Crippen LogP contribution in [0.2, 0.25) is 0 Å². The number of hydrogen-bond donors (Lipinski definition) is 3. The fraction of sp³-hybridized carbons (Fsp3) is 0.150. The number of H-pyrrole nitrogens is 1. The lowest BCUT2D eigenvalue weighted by molar-refractivity contribution is 0.0963. The van der Waals surface area contributed by atoms with Crippen LogP contribution in [0.15, 0.2) is 59.5 Å². The van der Waals surface area contributed by atoms with Crippen LogP contribution in [0.4, 0.5) is 5.82 Å². The maximum Gasteiger partial charge on any atom is 0.290 e. The summed E-state index contributed by atoms with van der Waals surface area (Å²) in [6.45, 7) is 0.437. The summed E-state index contributed by atoms with van der Waals surface area (Å²) in [6.07, 6.45) is 1.55. The third-order valence-electron chi connectivity index (χ3n) is 4.05. The van der Waals surface area contributed by atoms with E-state index < -0.39 is 0 Å². The molecule has 0 aliphatic carbocycles. The first kappa shape index (κ1) is 18.2. The quantitative estimate of drug-likeness (QED) is 0.624. The first-order valence-electron chi connectivity index (χ1n) is 8.40. The molecule has 0 fully saturated rings. The van der Waals surface area contributed by atoms with E-state index in [4.69, 9.17) is 4.74 Å². The maximum atomic E-state index is 12.1. The molecule has 0 bridgehead atoms. The number of carbonyl (C=O) groups excluding carboxylic acids is 1. The fourth-order valence-corrected chi connectivity index (χ4v) is 2.58. The number of aromatic nitrogens is 2. The van der Waals surface area contributed by atoms with Crippen molar-refractivity contribution in [3.05, 3.63) is 76.2 Å². The molecule has 7 nitrogen and oxygen atoms in total. The van der Waals surface area contributed by atoms with E-state index in [2.05, 4.69) is 20.6 Å². The van der Waals surface area contributed by atoms with Gasteiger partial charge in [0.05, 0.1) is 12.8 Å². The monoisotopic (exact) mass is 364 g/mol. The normalized spacial score (nSPS) is 10.3. The third-order valence-corrected chi connectivity index (χ3v) is 4.05. The van der Waals surface area contributed by atoms with Crippen molar-refractivity contribution in [3.63, 3.8) is 0 Å². The minimum absolute atomic E-state index is 0.156. The number of benzene rings is 2. The van der Waals surface area contributed by atoms with E-state index in [0.717, 1.165) is 16.9 Å². The molecule has 0 unspecified atom stereocenters. The number of ether oxygens (including phenoxy) is 1. The topological polar surface area (TPSA) is 96.1 Å². The number of nitrogens with zero attached hydrogens (tertiary/aromatic N) is 1. The van der Waals surface area contributed by atoms with Gasteiger partial charge < -0.3 is 20.4 Å². The van der Waals surface area contributed by atoms with Crippen LogP contribution in [-0.2, 0) is 6.54 Å². The molecule has 0 aliphatic heterocycles. The molecule has 0 radical (unpaired) electrons. The van der Waals surface area contributed by atoms with Crippen molar-refractivity contribution in [3.8, 4) is 17.0 Å². The minimum Gasteiger partial charge on any atom is -0.497 e. The number of hydrogen-bond acceptors (Lipinski definition) is 5. The van der Waals surface area contributed by atoms with Crippen LogP contribution in [0.1, 0.15) is 15.9 Å². The highest BCUT2D eigenvalue weighted by Gasteiger charge is 2.08. The Hall–Kier alpha value is -3.61. The summed E-state index contributed by atoms with van der Waals surface area (Å²) in [5.41, 5.74) is 2.62. The number of rotatable bonds is 6. The molecule has 1 heterocycles. The molecule has 0 aliphatic rings. The average Bonchev–Trinajstić information content (AvgIpc) is 2.73. The summed E-state index contributed by atoms with van der Waals surface area (Å²) in [5.74, 6) is 0.823. The van der Waals surface area contributed by atoms with Gasteiger partial charge in [-0.05, 0) is 29.8 Å². The lowest BCUT2D eigenvalue weighted by atomic mass is 10.1. The van der Waals surface area contributed by atoms with Crippen molar-refractivity contribution >= 4 is 11.7 Å². The molecule has 1 amide bonds. The lowest BCUT2D eigenvalue weighted by Crippen LogP contribution is -2.17. The van der Waals surface area contributed by atoms with E-state index in [9.17, 15) is 9.59 Å². The van der Waals surface area contributed by atoms with Gasteiger partial charge in [0, 0.05) is 30.9 Å². The SMILES string of the molecule is CNC(=O)c1ccc(-c2c[nH]c(=O)c(NCc3cccc(OC)c3)n2)cc1. The Morgan fingerprint density at radius 2 is 1.96 bits per heavy atom. The second kappa shape index (κ2) is 8.18. The number of amides is 1. The Balaban J connectivity index is 1.79. The molecule has 0 atom stereocenters. The Morgan fingerprint density at radius 3 is 2.67 bits per heavy atom. The number of methoxy groups -OCH3 is 1. The van der Waals surface area contributed by atoms with Crippen molar-refractivity contribution in [2.75, 3.05) is 19.5 Å². The highest BCUT2D eigenvalue weighted by atomic mass is 16.5. The molecule has 27 heavy (non-hydrogen) atoms. The van der Waals surface area contributed by atoms with Gasteiger partial charge in [0.15, 0.2) is 5.82 Å². The molecule has 1 aromatic heterocycles. The van der Waals surface area contributed by atoms with Gasteiger partial charge in [0.25, 0.3) is 11.5 Å². The number of carbonyl (C=O) groups is 1. The summed E-state index contributed by atoms with van der Waals surface area (Å²) in [5, 5.41) is 5.63. The average molecular weight is 364 g/mol. The molecule has 0 spiro atoms. The Morgan fingerprint density at radius 1 is 1.19 bits per heavy atom. The molecular formula is C20H20N4O3. The first-order valence-corrected chi connectivity index (χ1v) is 8.40. The van der Waals surface area contributed by atoms with Crippen LogP contribution in [0.3, 0.4) is 0 Å². The van der Waals surface area contributed by atoms with Crippen LogP contribution < -0.4 is 20.9 Å². The maximum absolute atomic E-state index is 12.1. The zero-order chi connectivity index (χ0) is 19.2.